The minimum atomic E-state index is -0.505. The normalized spacial score (nSPS) is 11.0. The molecule has 0 unspecified atom stereocenters. The van der Waals surface area contributed by atoms with E-state index in [1.54, 1.807) is 6.07 Å². The molecule has 0 aliphatic carbocycles. The lowest BCUT2D eigenvalue weighted by Gasteiger charge is -2.09. The molecule has 0 aliphatic heterocycles. The maximum atomic E-state index is 12.5. The lowest BCUT2D eigenvalue weighted by Crippen LogP contribution is -2.37. The van der Waals surface area contributed by atoms with E-state index in [0.29, 0.717) is 11.3 Å². The van der Waals surface area contributed by atoms with Crippen LogP contribution in [0.2, 0.25) is 0 Å². The SMILES string of the molecule is Cc1ccccc1NC(=O)Cn1c(=S)[nH]c2c1c(=O)n(C)c(=O)n2C. The van der Waals surface area contributed by atoms with Gasteiger partial charge in [0.25, 0.3) is 5.56 Å². The summed E-state index contributed by atoms with van der Waals surface area (Å²) in [6.07, 6.45) is 0. The zero-order valence-electron chi connectivity index (χ0n) is 14.0. The van der Waals surface area contributed by atoms with Crippen LogP contribution in [0.25, 0.3) is 11.2 Å². The average molecular weight is 359 g/mol. The van der Waals surface area contributed by atoms with Gasteiger partial charge in [0.1, 0.15) is 12.2 Å². The molecule has 3 aromatic rings. The summed E-state index contributed by atoms with van der Waals surface area (Å²) in [6.45, 7) is 1.75. The number of nitrogens with zero attached hydrogens (tertiary/aromatic N) is 3. The second-order valence-electron chi connectivity index (χ2n) is 5.78. The molecule has 9 heteroatoms. The fourth-order valence-corrected chi connectivity index (χ4v) is 2.93. The number of hydrogen-bond donors (Lipinski definition) is 2. The second kappa shape index (κ2) is 6.17. The topological polar surface area (TPSA) is 93.8 Å². The lowest BCUT2D eigenvalue weighted by atomic mass is 10.2. The molecule has 0 bridgehead atoms. The van der Waals surface area contributed by atoms with Crippen molar-refractivity contribution in [2.75, 3.05) is 5.32 Å². The van der Waals surface area contributed by atoms with Crippen LogP contribution in [-0.2, 0) is 25.4 Å². The van der Waals surface area contributed by atoms with Gasteiger partial charge in [-0.2, -0.15) is 0 Å². The molecule has 25 heavy (non-hydrogen) atoms. The predicted octanol–water partition coefficient (Wildman–Crippen LogP) is 1.04. The monoisotopic (exact) mass is 359 g/mol. The number of carbonyl (C=O) groups excluding carboxylic acids is 1. The van der Waals surface area contributed by atoms with Crippen LogP contribution in [0.15, 0.2) is 33.9 Å². The van der Waals surface area contributed by atoms with Gasteiger partial charge >= 0.3 is 5.69 Å². The maximum absolute atomic E-state index is 12.5. The first kappa shape index (κ1) is 16.9. The Morgan fingerprint density at radius 1 is 1.20 bits per heavy atom. The number of nitrogens with one attached hydrogen (secondary N) is 2. The third kappa shape index (κ3) is 2.82. The van der Waals surface area contributed by atoms with Gasteiger partial charge in [0.15, 0.2) is 10.3 Å². The summed E-state index contributed by atoms with van der Waals surface area (Å²) in [6, 6.07) is 7.39. The third-order valence-corrected chi connectivity index (χ3v) is 4.42. The molecule has 2 aromatic heterocycles. The van der Waals surface area contributed by atoms with Crippen molar-refractivity contribution in [1.29, 1.82) is 0 Å². The smallest absolute Gasteiger partial charge is 0.324 e. The zero-order valence-corrected chi connectivity index (χ0v) is 14.8. The molecule has 0 saturated heterocycles. The highest BCUT2D eigenvalue weighted by atomic mass is 32.1. The summed E-state index contributed by atoms with van der Waals surface area (Å²) in [7, 11) is 2.92. The van der Waals surface area contributed by atoms with Crippen LogP contribution >= 0.6 is 12.2 Å². The van der Waals surface area contributed by atoms with Crippen molar-refractivity contribution in [2.45, 2.75) is 13.5 Å². The molecule has 1 amide bonds. The quantitative estimate of drug-likeness (QED) is 0.684. The fourth-order valence-electron chi connectivity index (χ4n) is 2.68. The Balaban J connectivity index is 2.05. The van der Waals surface area contributed by atoms with Gasteiger partial charge < -0.3 is 14.9 Å². The first-order valence-corrected chi connectivity index (χ1v) is 7.96. The zero-order chi connectivity index (χ0) is 18.3. The summed E-state index contributed by atoms with van der Waals surface area (Å²) < 4.78 is 3.89. The number of aromatic nitrogens is 4. The number of anilines is 1. The summed E-state index contributed by atoms with van der Waals surface area (Å²) in [5, 5.41) is 2.80. The van der Waals surface area contributed by atoms with Gasteiger partial charge in [-0.3, -0.25) is 18.7 Å². The molecular weight excluding hydrogens is 342 g/mol. The molecule has 2 N–H and O–H groups in total. The summed E-state index contributed by atoms with van der Waals surface area (Å²) in [5.74, 6) is -0.317. The number of aromatic amines is 1. The first-order valence-electron chi connectivity index (χ1n) is 7.55. The van der Waals surface area contributed by atoms with Crippen molar-refractivity contribution in [3.8, 4) is 0 Å². The van der Waals surface area contributed by atoms with E-state index in [1.807, 2.05) is 25.1 Å². The Labute approximate surface area is 147 Å². The average Bonchev–Trinajstić information content (AvgIpc) is 2.90. The number of rotatable bonds is 3. The molecule has 1 aromatic carbocycles. The molecule has 0 spiro atoms. The van der Waals surface area contributed by atoms with Crippen LogP contribution in [0.3, 0.4) is 0 Å². The van der Waals surface area contributed by atoms with Crippen LogP contribution in [0.5, 0.6) is 0 Å². The molecule has 0 fully saturated rings. The highest BCUT2D eigenvalue weighted by Crippen LogP contribution is 2.14. The van der Waals surface area contributed by atoms with E-state index in [-0.39, 0.29) is 22.7 Å². The van der Waals surface area contributed by atoms with Gasteiger partial charge in [-0.15, -0.1) is 0 Å². The molecule has 2 heterocycles. The van der Waals surface area contributed by atoms with Crippen molar-refractivity contribution in [2.24, 2.45) is 14.1 Å². The van der Waals surface area contributed by atoms with Crippen molar-refractivity contribution in [1.82, 2.24) is 18.7 Å². The Hall–Kier alpha value is -2.94. The van der Waals surface area contributed by atoms with E-state index in [4.69, 9.17) is 12.2 Å². The Bertz CT molecular complexity index is 1170. The molecule has 0 radical (unpaired) electrons. The minimum Gasteiger partial charge on any atom is -0.324 e. The number of imidazole rings is 1. The number of para-hydroxylation sites is 1. The van der Waals surface area contributed by atoms with E-state index in [1.165, 1.54) is 23.2 Å². The van der Waals surface area contributed by atoms with E-state index in [0.717, 1.165) is 10.1 Å². The number of amides is 1. The molecule has 0 atom stereocenters. The van der Waals surface area contributed by atoms with Crippen molar-refractivity contribution < 1.29 is 4.79 Å². The summed E-state index contributed by atoms with van der Waals surface area (Å²) in [5.41, 5.74) is 1.13. The number of aryl methyl sites for hydroxylation is 2. The second-order valence-corrected chi connectivity index (χ2v) is 6.17. The van der Waals surface area contributed by atoms with Gasteiger partial charge in [0.2, 0.25) is 5.91 Å². The number of H-pyrrole nitrogens is 1. The largest absolute Gasteiger partial charge is 0.332 e. The number of carbonyl (C=O) groups is 1. The fraction of sp³-hybridized carbons (Fsp3) is 0.250. The number of fused-ring (bicyclic) bond motifs is 1. The summed E-state index contributed by atoms with van der Waals surface area (Å²) >= 11 is 5.23. The molecule has 0 saturated carbocycles. The Morgan fingerprint density at radius 3 is 2.56 bits per heavy atom. The maximum Gasteiger partial charge on any atom is 0.332 e. The molecular formula is C16H17N5O3S. The Kier molecular flexibility index (Phi) is 4.17. The van der Waals surface area contributed by atoms with Crippen molar-refractivity contribution >= 4 is 35.0 Å². The molecule has 8 nitrogen and oxygen atoms in total. The lowest BCUT2D eigenvalue weighted by molar-refractivity contribution is -0.116. The van der Waals surface area contributed by atoms with Crippen LogP contribution in [0, 0.1) is 11.7 Å². The molecule has 130 valence electrons. The van der Waals surface area contributed by atoms with E-state index >= 15 is 0 Å². The van der Waals surface area contributed by atoms with Crippen molar-refractivity contribution in [3.05, 3.63) is 55.4 Å². The van der Waals surface area contributed by atoms with E-state index in [2.05, 4.69) is 10.3 Å². The van der Waals surface area contributed by atoms with Crippen molar-refractivity contribution in [3.63, 3.8) is 0 Å². The van der Waals surface area contributed by atoms with Crippen LogP contribution < -0.4 is 16.6 Å². The van der Waals surface area contributed by atoms with E-state index < -0.39 is 11.2 Å². The molecule has 0 aliphatic rings. The number of benzene rings is 1. The standard InChI is InChI=1S/C16H17N5O3S/c1-9-6-4-5-7-10(9)17-11(22)8-21-12-13(18-15(21)25)19(2)16(24)20(3)14(12)23/h4-7H,8H2,1-3H3,(H,17,22)(H,18,25). The first-order chi connectivity index (χ1) is 11.8. The van der Waals surface area contributed by atoms with Gasteiger partial charge in [0, 0.05) is 19.8 Å². The molecule has 3 rings (SSSR count). The highest BCUT2D eigenvalue weighted by Gasteiger charge is 2.17. The summed E-state index contributed by atoms with van der Waals surface area (Å²) in [4.78, 5) is 39.7. The van der Waals surface area contributed by atoms with Crippen LogP contribution in [-0.4, -0.2) is 24.6 Å². The predicted molar refractivity (Wildman–Crippen MR) is 97.4 cm³/mol. The van der Waals surface area contributed by atoms with Crippen LogP contribution in [0.1, 0.15) is 5.56 Å². The third-order valence-electron chi connectivity index (χ3n) is 4.10. The number of hydrogen-bond acceptors (Lipinski definition) is 4. The van der Waals surface area contributed by atoms with Crippen LogP contribution in [0.4, 0.5) is 5.69 Å². The van der Waals surface area contributed by atoms with Gasteiger partial charge in [-0.1, -0.05) is 18.2 Å². The van der Waals surface area contributed by atoms with E-state index in [9.17, 15) is 14.4 Å². The van der Waals surface area contributed by atoms with Gasteiger partial charge in [-0.05, 0) is 30.8 Å². The van der Waals surface area contributed by atoms with Gasteiger partial charge in [-0.25, -0.2) is 4.79 Å². The highest BCUT2D eigenvalue weighted by molar-refractivity contribution is 7.71. The Morgan fingerprint density at radius 2 is 1.88 bits per heavy atom. The van der Waals surface area contributed by atoms with Gasteiger partial charge in [0.05, 0.1) is 0 Å². The minimum absolute atomic E-state index is 0.138.